The number of nitrogens with one attached hydrogen (secondary N) is 1. The van der Waals surface area contributed by atoms with Gasteiger partial charge in [0.1, 0.15) is 11.4 Å². The molecule has 0 atom stereocenters. The minimum absolute atomic E-state index is 0.0148. The van der Waals surface area contributed by atoms with Gasteiger partial charge >= 0.3 is 0 Å². The first kappa shape index (κ1) is 17.1. The second-order valence-electron chi connectivity index (χ2n) is 4.26. The van der Waals surface area contributed by atoms with Crippen LogP contribution >= 0.6 is 23.4 Å². The molecule has 0 saturated carbocycles. The average Bonchev–Trinajstić information content (AvgIpc) is 2.43. The Bertz CT molecular complexity index is 419. The first-order valence-electron chi connectivity index (χ1n) is 6.65. The normalized spacial score (nSPS) is 10.8. The van der Waals surface area contributed by atoms with Crippen molar-refractivity contribution in [3.8, 4) is 5.75 Å². The van der Waals surface area contributed by atoms with Crippen LogP contribution in [0.4, 0.5) is 5.69 Å². The lowest BCUT2D eigenvalue weighted by molar-refractivity contribution is -0.113. The summed E-state index contributed by atoms with van der Waals surface area (Å²) in [5, 5.41) is 12.6. The van der Waals surface area contributed by atoms with Crippen LogP contribution in [-0.2, 0) is 4.79 Å². The lowest BCUT2D eigenvalue weighted by atomic mass is 10.3. The Kier molecular flexibility index (Phi) is 7.80. The largest absolute Gasteiger partial charge is 0.506 e. The third-order valence-electron chi connectivity index (χ3n) is 2.94. The summed E-state index contributed by atoms with van der Waals surface area (Å²) in [6, 6.07) is 4.76. The number of phenols is 1. The minimum Gasteiger partial charge on any atom is -0.506 e. The van der Waals surface area contributed by atoms with E-state index in [1.165, 1.54) is 6.07 Å². The Balaban J connectivity index is 2.34. The third kappa shape index (κ3) is 5.61. The number of thioether (sulfide) groups is 1. The van der Waals surface area contributed by atoms with E-state index in [0.29, 0.717) is 10.8 Å². The quantitative estimate of drug-likeness (QED) is 0.572. The highest BCUT2D eigenvalue weighted by Gasteiger charge is 2.10. The van der Waals surface area contributed by atoms with Gasteiger partial charge in [-0.05, 0) is 25.2 Å². The molecule has 6 heteroatoms. The number of carbonyl (C=O) groups excluding carboxylic acids is 1. The van der Waals surface area contributed by atoms with E-state index in [0.717, 1.165) is 25.4 Å². The van der Waals surface area contributed by atoms with Gasteiger partial charge in [0.25, 0.3) is 0 Å². The van der Waals surface area contributed by atoms with E-state index in [2.05, 4.69) is 24.1 Å². The van der Waals surface area contributed by atoms with Crippen LogP contribution in [0.3, 0.4) is 0 Å². The number of rotatable bonds is 8. The summed E-state index contributed by atoms with van der Waals surface area (Å²) >= 11 is 7.50. The SMILES string of the molecule is CCN(CC)CCSCC(=O)Nc1c(O)cccc1Cl. The highest BCUT2D eigenvalue weighted by atomic mass is 35.5. The molecular weight excluding hydrogens is 296 g/mol. The van der Waals surface area contributed by atoms with Crippen LogP contribution in [0.1, 0.15) is 13.8 Å². The van der Waals surface area contributed by atoms with Gasteiger partial charge in [0.15, 0.2) is 0 Å². The van der Waals surface area contributed by atoms with Crippen molar-refractivity contribution >= 4 is 35.0 Å². The number of anilines is 1. The number of benzene rings is 1. The number of phenolic OH excluding ortho intramolecular Hbond substituents is 1. The van der Waals surface area contributed by atoms with E-state index < -0.39 is 0 Å². The van der Waals surface area contributed by atoms with E-state index in [4.69, 9.17) is 11.6 Å². The van der Waals surface area contributed by atoms with Gasteiger partial charge in [-0.2, -0.15) is 11.8 Å². The van der Waals surface area contributed by atoms with E-state index in [1.807, 2.05) is 0 Å². The van der Waals surface area contributed by atoms with Crippen molar-refractivity contribution in [3.63, 3.8) is 0 Å². The summed E-state index contributed by atoms with van der Waals surface area (Å²) in [5.74, 6) is 1.09. The Hall–Kier alpha value is -0.910. The molecule has 0 fully saturated rings. The average molecular weight is 317 g/mol. The van der Waals surface area contributed by atoms with Crippen LogP contribution in [-0.4, -0.2) is 47.1 Å². The molecule has 0 bridgehead atoms. The third-order valence-corrected chi connectivity index (χ3v) is 4.19. The van der Waals surface area contributed by atoms with Crippen molar-refractivity contribution in [2.45, 2.75) is 13.8 Å². The Labute approximate surface area is 129 Å². The van der Waals surface area contributed by atoms with Gasteiger partial charge < -0.3 is 15.3 Å². The lowest BCUT2D eigenvalue weighted by Gasteiger charge is -2.17. The Morgan fingerprint density at radius 3 is 2.70 bits per heavy atom. The molecule has 0 aliphatic carbocycles. The Morgan fingerprint density at radius 1 is 1.40 bits per heavy atom. The zero-order valence-electron chi connectivity index (χ0n) is 11.9. The molecule has 0 aromatic heterocycles. The second-order valence-corrected chi connectivity index (χ2v) is 5.77. The molecule has 1 rings (SSSR count). The second kappa shape index (κ2) is 9.10. The predicted molar refractivity (Wildman–Crippen MR) is 86.9 cm³/mol. The standard InChI is InChI=1S/C14H21ClN2O2S/c1-3-17(4-2)8-9-20-10-13(19)16-14-11(15)6-5-7-12(14)18/h5-7,18H,3-4,8-10H2,1-2H3,(H,16,19). The number of para-hydroxylation sites is 1. The van der Waals surface area contributed by atoms with Crippen molar-refractivity contribution in [3.05, 3.63) is 23.2 Å². The molecule has 0 saturated heterocycles. The molecule has 0 radical (unpaired) electrons. The number of aromatic hydroxyl groups is 1. The summed E-state index contributed by atoms with van der Waals surface area (Å²) in [6.07, 6.45) is 0. The smallest absolute Gasteiger partial charge is 0.234 e. The van der Waals surface area contributed by atoms with E-state index in [-0.39, 0.29) is 17.3 Å². The van der Waals surface area contributed by atoms with Crippen LogP contribution in [0.25, 0.3) is 0 Å². The fourth-order valence-corrected chi connectivity index (χ4v) is 2.72. The monoisotopic (exact) mass is 316 g/mol. The number of carbonyl (C=O) groups is 1. The molecule has 0 heterocycles. The summed E-state index contributed by atoms with van der Waals surface area (Å²) in [5.41, 5.74) is 0.281. The van der Waals surface area contributed by atoms with Crippen LogP contribution in [0.15, 0.2) is 18.2 Å². The molecule has 1 aromatic rings. The number of hydrogen-bond donors (Lipinski definition) is 2. The zero-order chi connectivity index (χ0) is 15.0. The van der Waals surface area contributed by atoms with Crippen molar-refractivity contribution in [2.24, 2.45) is 0 Å². The molecule has 0 aliphatic heterocycles. The fourth-order valence-electron chi connectivity index (χ4n) is 1.71. The molecular formula is C14H21ClN2O2S. The molecule has 1 aromatic carbocycles. The number of hydrogen-bond acceptors (Lipinski definition) is 4. The topological polar surface area (TPSA) is 52.6 Å². The van der Waals surface area contributed by atoms with E-state index in [9.17, 15) is 9.90 Å². The van der Waals surface area contributed by atoms with Gasteiger partial charge in [-0.3, -0.25) is 4.79 Å². The maximum Gasteiger partial charge on any atom is 0.234 e. The van der Waals surface area contributed by atoms with Crippen molar-refractivity contribution in [2.75, 3.05) is 36.5 Å². The molecule has 20 heavy (non-hydrogen) atoms. The van der Waals surface area contributed by atoms with E-state index >= 15 is 0 Å². The molecule has 1 amide bonds. The van der Waals surface area contributed by atoms with Gasteiger partial charge in [0.2, 0.25) is 5.91 Å². The molecule has 0 unspecified atom stereocenters. The predicted octanol–water partition coefficient (Wildman–Crippen LogP) is 3.06. The van der Waals surface area contributed by atoms with E-state index in [1.54, 1.807) is 23.9 Å². The van der Waals surface area contributed by atoms with Gasteiger partial charge in [-0.1, -0.05) is 31.5 Å². The fraction of sp³-hybridized carbons (Fsp3) is 0.500. The van der Waals surface area contributed by atoms with Gasteiger partial charge in [0, 0.05) is 12.3 Å². The Morgan fingerprint density at radius 2 is 2.10 bits per heavy atom. The first-order chi connectivity index (χ1) is 9.58. The number of halogens is 1. The highest BCUT2D eigenvalue weighted by molar-refractivity contribution is 7.99. The summed E-state index contributed by atoms with van der Waals surface area (Å²) in [4.78, 5) is 14.1. The van der Waals surface area contributed by atoms with Crippen LogP contribution in [0.2, 0.25) is 5.02 Å². The molecule has 112 valence electrons. The molecule has 0 aliphatic rings. The highest BCUT2D eigenvalue weighted by Crippen LogP contribution is 2.30. The number of amides is 1. The summed E-state index contributed by atoms with van der Waals surface area (Å²) in [7, 11) is 0. The first-order valence-corrected chi connectivity index (χ1v) is 8.19. The van der Waals surface area contributed by atoms with Crippen LogP contribution < -0.4 is 5.32 Å². The molecule has 2 N–H and O–H groups in total. The summed E-state index contributed by atoms with van der Waals surface area (Å²) in [6.45, 7) is 7.28. The molecule has 0 spiro atoms. The maximum absolute atomic E-state index is 11.8. The van der Waals surface area contributed by atoms with Gasteiger partial charge in [-0.15, -0.1) is 0 Å². The van der Waals surface area contributed by atoms with Crippen molar-refractivity contribution < 1.29 is 9.90 Å². The van der Waals surface area contributed by atoms with Crippen LogP contribution in [0.5, 0.6) is 5.75 Å². The zero-order valence-corrected chi connectivity index (χ0v) is 13.4. The number of nitrogens with zero attached hydrogens (tertiary/aromatic N) is 1. The minimum atomic E-state index is -0.155. The van der Waals surface area contributed by atoms with Crippen molar-refractivity contribution in [1.29, 1.82) is 0 Å². The van der Waals surface area contributed by atoms with Crippen molar-refractivity contribution in [1.82, 2.24) is 4.90 Å². The van der Waals surface area contributed by atoms with Gasteiger partial charge in [0.05, 0.1) is 10.8 Å². The maximum atomic E-state index is 11.8. The van der Waals surface area contributed by atoms with Gasteiger partial charge in [-0.25, -0.2) is 0 Å². The lowest BCUT2D eigenvalue weighted by Crippen LogP contribution is -2.26. The summed E-state index contributed by atoms with van der Waals surface area (Å²) < 4.78 is 0. The molecule has 4 nitrogen and oxygen atoms in total. The van der Waals surface area contributed by atoms with Crippen LogP contribution in [0, 0.1) is 0 Å².